The topological polar surface area (TPSA) is 75.4 Å². The first-order valence-electron chi connectivity index (χ1n) is 7.06. The molecule has 0 aromatic rings. The average Bonchev–Trinajstić information content (AvgIpc) is 2.54. The molecule has 5 heteroatoms. The maximum Gasteiger partial charge on any atom is 0.324 e. The standard InChI is InChI=1S/C13H23N3O2/c14-11-8-4-5-9-16(12(11)17)13(18)15-10-6-2-1-3-7-10/h10-11H,1-9,14H2,(H,15,18)/t11-/m0/s1. The monoisotopic (exact) mass is 253 g/mol. The summed E-state index contributed by atoms with van der Waals surface area (Å²) in [5.74, 6) is -0.221. The van der Waals surface area contributed by atoms with Crippen LogP contribution >= 0.6 is 0 Å². The van der Waals surface area contributed by atoms with Crippen LogP contribution in [0.25, 0.3) is 0 Å². The number of rotatable bonds is 1. The van der Waals surface area contributed by atoms with E-state index in [1.54, 1.807) is 0 Å². The molecule has 1 aliphatic carbocycles. The van der Waals surface area contributed by atoms with Crippen molar-refractivity contribution in [3.05, 3.63) is 0 Å². The molecule has 1 aliphatic heterocycles. The quantitative estimate of drug-likeness (QED) is 0.741. The molecule has 2 aliphatic rings. The molecule has 5 nitrogen and oxygen atoms in total. The minimum atomic E-state index is -0.510. The van der Waals surface area contributed by atoms with Crippen LogP contribution in [-0.2, 0) is 4.79 Å². The van der Waals surface area contributed by atoms with Gasteiger partial charge in [0.15, 0.2) is 0 Å². The number of carbonyl (C=O) groups is 2. The first kappa shape index (κ1) is 13.3. The molecule has 1 saturated heterocycles. The molecular formula is C13H23N3O2. The second kappa shape index (κ2) is 6.18. The Bertz CT molecular complexity index is 313. The summed E-state index contributed by atoms with van der Waals surface area (Å²) in [6, 6.07) is -0.521. The van der Waals surface area contributed by atoms with E-state index in [4.69, 9.17) is 5.73 Å². The number of imide groups is 1. The first-order chi connectivity index (χ1) is 8.68. The summed E-state index contributed by atoms with van der Waals surface area (Å²) in [6.07, 6.45) is 8.10. The molecule has 0 unspecified atom stereocenters. The zero-order valence-electron chi connectivity index (χ0n) is 10.9. The Morgan fingerprint density at radius 3 is 2.50 bits per heavy atom. The summed E-state index contributed by atoms with van der Waals surface area (Å²) in [4.78, 5) is 25.4. The third-order valence-corrected chi connectivity index (χ3v) is 3.91. The maximum atomic E-state index is 12.1. The van der Waals surface area contributed by atoms with Gasteiger partial charge < -0.3 is 11.1 Å². The highest BCUT2D eigenvalue weighted by Gasteiger charge is 2.29. The SMILES string of the molecule is N[C@H]1CCCCN(C(=O)NC2CCCCC2)C1=O. The molecule has 2 fully saturated rings. The molecular weight excluding hydrogens is 230 g/mol. The van der Waals surface area contributed by atoms with E-state index >= 15 is 0 Å². The number of amides is 3. The second-order valence-electron chi connectivity index (χ2n) is 5.38. The van der Waals surface area contributed by atoms with E-state index in [0.29, 0.717) is 13.0 Å². The highest BCUT2D eigenvalue weighted by molar-refractivity contribution is 5.97. The van der Waals surface area contributed by atoms with Crippen molar-refractivity contribution in [3.63, 3.8) is 0 Å². The van der Waals surface area contributed by atoms with Gasteiger partial charge in [0.2, 0.25) is 5.91 Å². The van der Waals surface area contributed by atoms with Gasteiger partial charge in [0.25, 0.3) is 0 Å². The average molecular weight is 253 g/mol. The summed E-state index contributed by atoms with van der Waals surface area (Å²) in [5.41, 5.74) is 5.77. The lowest BCUT2D eigenvalue weighted by Gasteiger charge is -2.27. The van der Waals surface area contributed by atoms with E-state index < -0.39 is 6.04 Å². The second-order valence-corrected chi connectivity index (χ2v) is 5.38. The maximum absolute atomic E-state index is 12.1. The highest BCUT2D eigenvalue weighted by atomic mass is 16.2. The largest absolute Gasteiger partial charge is 0.335 e. The van der Waals surface area contributed by atoms with E-state index in [2.05, 4.69) is 5.32 Å². The van der Waals surface area contributed by atoms with Crippen LogP contribution in [0.15, 0.2) is 0 Å². The fourth-order valence-electron chi connectivity index (χ4n) is 2.77. The molecule has 1 heterocycles. The van der Waals surface area contributed by atoms with Crippen molar-refractivity contribution in [2.75, 3.05) is 6.54 Å². The fourth-order valence-corrected chi connectivity index (χ4v) is 2.77. The van der Waals surface area contributed by atoms with Gasteiger partial charge in [-0.25, -0.2) is 4.79 Å². The Hall–Kier alpha value is -1.10. The van der Waals surface area contributed by atoms with Crippen molar-refractivity contribution in [2.45, 2.75) is 63.5 Å². The Morgan fingerprint density at radius 2 is 1.78 bits per heavy atom. The molecule has 18 heavy (non-hydrogen) atoms. The molecule has 3 N–H and O–H groups in total. The minimum absolute atomic E-state index is 0.221. The predicted molar refractivity (Wildman–Crippen MR) is 68.9 cm³/mol. The molecule has 0 aromatic heterocycles. The zero-order valence-corrected chi connectivity index (χ0v) is 10.9. The molecule has 3 amide bonds. The molecule has 0 spiro atoms. The van der Waals surface area contributed by atoms with Crippen molar-refractivity contribution in [2.24, 2.45) is 5.73 Å². The highest BCUT2D eigenvalue weighted by Crippen LogP contribution is 2.18. The first-order valence-corrected chi connectivity index (χ1v) is 7.06. The van der Waals surface area contributed by atoms with E-state index in [0.717, 1.165) is 25.7 Å². The van der Waals surface area contributed by atoms with Crippen LogP contribution in [0.4, 0.5) is 4.79 Å². The molecule has 1 atom stereocenters. The third-order valence-electron chi connectivity index (χ3n) is 3.91. The molecule has 102 valence electrons. The number of carbonyl (C=O) groups excluding carboxylic acids is 2. The van der Waals surface area contributed by atoms with Gasteiger partial charge in [-0.15, -0.1) is 0 Å². The Labute approximate surface area is 108 Å². The molecule has 0 aromatic carbocycles. The number of hydrogen-bond donors (Lipinski definition) is 2. The summed E-state index contributed by atoms with van der Waals surface area (Å²) in [5, 5.41) is 2.98. The lowest BCUT2D eigenvalue weighted by atomic mass is 9.96. The Balaban J connectivity index is 1.91. The number of nitrogens with zero attached hydrogens (tertiary/aromatic N) is 1. The van der Waals surface area contributed by atoms with Gasteiger partial charge in [-0.2, -0.15) is 0 Å². The van der Waals surface area contributed by atoms with Crippen molar-refractivity contribution in [1.29, 1.82) is 0 Å². The summed E-state index contributed by atoms with van der Waals surface area (Å²) >= 11 is 0. The van der Waals surface area contributed by atoms with Gasteiger partial charge >= 0.3 is 6.03 Å². The number of nitrogens with one attached hydrogen (secondary N) is 1. The van der Waals surface area contributed by atoms with Crippen LogP contribution in [0.3, 0.4) is 0 Å². The summed E-state index contributed by atoms with van der Waals surface area (Å²) in [7, 11) is 0. The smallest absolute Gasteiger partial charge is 0.324 e. The lowest BCUT2D eigenvalue weighted by Crippen LogP contribution is -2.52. The van der Waals surface area contributed by atoms with Crippen LogP contribution < -0.4 is 11.1 Å². The van der Waals surface area contributed by atoms with Crippen molar-refractivity contribution >= 4 is 11.9 Å². The number of likely N-dealkylation sites (tertiary alicyclic amines) is 1. The summed E-state index contributed by atoms with van der Waals surface area (Å²) in [6.45, 7) is 0.505. The zero-order chi connectivity index (χ0) is 13.0. The van der Waals surface area contributed by atoms with Crippen LogP contribution in [0.2, 0.25) is 0 Å². The van der Waals surface area contributed by atoms with Gasteiger partial charge in [-0.3, -0.25) is 9.69 Å². The van der Waals surface area contributed by atoms with E-state index in [9.17, 15) is 9.59 Å². The van der Waals surface area contributed by atoms with Crippen molar-refractivity contribution in [3.8, 4) is 0 Å². The number of hydrogen-bond acceptors (Lipinski definition) is 3. The van der Waals surface area contributed by atoms with Crippen LogP contribution in [-0.4, -0.2) is 35.5 Å². The van der Waals surface area contributed by atoms with E-state index in [1.165, 1.54) is 24.2 Å². The fraction of sp³-hybridized carbons (Fsp3) is 0.846. The van der Waals surface area contributed by atoms with Crippen molar-refractivity contribution < 1.29 is 9.59 Å². The van der Waals surface area contributed by atoms with E-state index in [-0.39, 0.29) is 18.0 Å². The number of urea groups is 1. The summed E-state index contributed by atoms with van der Waals surface area (Å²) < 4.78 is 0. The lowest BCUT2D eigenvalue weighted by molar-refractivity contribution is -0.129. The van der Waals surface area contributed by atoms with Gasteiger partial charge in [0.05, 0.1) is 6.04 Å². The van der Waals surface area contributed by atoms with Gasteiger partial charge in [-0.1, -0.05) is 19.3 Å². The van der Waals surface area contributed by atoms with Gasteiger partial charge in [0, 0.05) is 12.6 Å². The van der Waals surface area contributed by atoms with Crippen molar-refractivity contribution in [1.82, 2.24) is 10.2 Å². The number of nitrogens with two attached hydrogens (primary N) is 1. The molecule has 2 rings (SSSR count). The predicted octanol–water partition coefficient (Wildman–Crippen LogP) is 1.37. The van der Waals surface area contributed by atoms with Gasteiger partial charge in [0.1, 0.15) is 0 Å². The van der Waals surface area contributed by atoms with Crippen LogP contribution in [0.5, 0.6) is 0 Å². The van der Waals surface area contributed by atoms with Crippen LogP contribution in [0.1, 0.15) is 51.4 Å². The van der Waals surface area contributed by atoms with Gasteiger partial charge in [-0.05, 0) is 32.1 Å². The minimum Gasteiger partial charge on any atom is -0.335 e. The third kappa shape index (κ3) is 3.22. The Morgan fingerprint density at radius 1 is 1.11 bits per heavy atom. The normalized spacial score (nSPS) is 26.8. The van der Waals surface area contributed by atoms with E-state index in [1.807, 2.05) is 0 Å². The molecule has 0 bridgehead atoms. The van der Waals surface area contributed by atoms with Crippen LogP contribution in [0, 0.1) is 0 Å². The molecule has 1 saturated carbocycles. The molecule has 0 radical (unpaired) electrons. The Kier molecular flexibility index (Phi) is 4.58.